The number of fused-ring (bicyclic) bond motifs is 1. The van der Waals surface area contributed by atoms with Crippen molar-refractivity contribution in [2.75, 3.05) is 6.54 Å². The monoisotopic (exact) mass is 274 g/mol. The van der Waals surface area contributed by atoms with Gasteiger partial charge in [0.2, 0.25) is 0 Å². The highest BCUT2D eigenvalue weighted by Gasteiger charge is 2.24. The predicted molar refractivity (Wildman–Crippen MR) is 73.3 cm³/mol. The van der Waals surface area contributed by atoms with E-state index in [2.05, 4.69) is 15.4 Å². The summed E-state index contributed by atoms with van der Waals surface area (Å²) in [5, 5.41) is 16.9. The Morgan fingerprint density at radius 3 is 3.10 bits per heavy atom. The number of carbonyl (C=O) groups excluding carboxylic acids is 1. The Morgan fingerprint density at radius 2 is 2.25 bits per heavy atom. The van der Waals surface area contributed by atoms with Gasteiger partial charge in [-0.15, -0.1) is 0 Å². The average Bonchev–Trinajstić information content (AvgIpc) is 2.90. The third kappa shape index (κ3) is 2.51. The predicted octanol–water partition coefficient (Wildman–Crippen LogP) is 1.01. The van der Waals surface area contributed by atoms with Crippen molar-refractivity contribution in [1.82, 2.24) is 19.9 Å². The first-order chi connectivity index (χ1) is 9.75. The molecule has 0 unspecified atom stereocenters. The lowest BCUT2D eigenvalue weighted by molar-refractivity contribution is 0.0663. The van der Waals surface area contributed by atoms with Crippen molar-refractivity contribution in [2.24, 2.45) is 5.92 Å². The number of nitrogens with one attached hydrogen (secondary N) is 1. The molecule has 2 heterocycles. The van der Waals surface area contributed by atoms with E-state index in [1.165, 1.54) is 0 Å². The first kappa shape index (κ1) is 13.1. The number of hydrogen-bond acceptors (Lipinski definition) is 4. The molecule has 20 heavy (non-hydrogen) atoms. The minimum absolute atomic E-state index is 0.160. The summed E-state index contributed by atoms with van der Waals surface area (Å²) in [6, 6.07) is 0. The lowest BCUT2D eigenvalue weighted by atomic mass is 9.86. The lowest BCUT2D eigenvalue weighted by Gasteiger charge is -2.27. The fourth-order valence-electron chi connectivity index (χ4n) is 2.75. The Kier molecular flexibility index (Phi) is 3.64. The van der Waals surface area contributed by atoms with Crippen molar-refractivity contribution in [3.63, 3.8) is 0 Å². The first-order valence-corrected chi connectivity index (χ1v) is 6.99. The van der Waals surface area contributed by atoms with Gasteiger partial charge in [-0.3, -0.25) is 9.78 Å². The van der Waals surface area contributed by atoms with E-state index in [0.717, 1.165) is 25.7 Å². The van der Waals surface area contributed by atoms with Crippen LogP contribution >= 0.6 is 0 Å². The Balaban J connectivity index is 1.67. The highest BCUT2D eigenvalue weighted by atomic mass is 16.3. The minimum atomic E-state index is -0.297. The molecule has 1 saturated carbocycles. The molecule has 0 aliphatic heterocycles. The zero-order valence-electron chi connectivity index (χ0n) is 11.2. The molecule has 2 N–H and O–H groups in total. The van der Waals surface area contributed by atoms with Gasteiger partial charge in [-0.05, 0) is 12.8 Å². The molecule has 6 heteroatoms. The second-order valence-electron chi connectivity index (χ2n) is 5.29. The van der Waals surface area contributed by atoms with Crippen molar-refractivity contribution in [1.29, 1.82) is 0 Å². The smallest absolute Gasteiger partial charge is 0.255 e. The Labute approximate surface area is 116 Å². The van der Waals surface area contributed by atoms with E-state index in [4.69, 9.17) is 0 Å². The third-order valence-electron chi connectivity index (χ3n) is 3.96. The number of amides is 1. The SMILES string of the molecule is O=C(NC[C@H]1CCCC[C@@H]1O)c1cnn2ccncc12. The fourth-order valence-corrected chi connectivity index (χ4v) is 2.75. The number of carbonyl (C=O) groups is 1. The van der Waals surface area contributed by atoms with E-state index in [1.807, 2.05) is 0 Å². The van der Waals surface area contributed by atoms with Crippen molar-refractivity contribution in [2.45, 2.75) is 31.8 Å². The second-order valence-corrected chi connectivity index (χ2v) is 5.29. The van der Waals surface area contributed by atoms with Crippen LogP contribution < -0.4 is 5.32 Å². The molecule has 1 fully saturated rings. The highest BCUT2D eigenvalue weighted by Crippen LogP contribution is 2.23. The summed E-state index contributed by atoms with van der Waals surface area (Å²) in [7, 11) is 0. The van der Waals surface area contributed by atoms with Gasteiger partial charge in [0.05, 0.1) is 29.6 Å². The Hall–Kier alpha value is -1.95. The molecule has 6 nitrogen and oxygen atoms in total. The molecule has 0 spiro atoms. The third-order valence-corrected chi connectivity index (χ3v) is 3.96. The maximum atomic E-state index is 12.2. The molecule has 106 valence electrons. The molecule has 0 bridgehead atoms. The quantitative estimate of drug-likeness (QED) is 0.875. The summed E-state index contributed by atoms with van der Waals surface area (Å²) in [6.45, 7) is 0.512. The van der Waals surface area contributed by atoms with Crippen LogP contribution in [0.1, 0.15) is 36.0 Å². The second kappa shape index (κ2) is 5.58. The van der Waals surface area contributed by atoms with Gasteiger partial charge in [0.15, 0.2) is 0 Å². The van der Waals surface area contributed by atoms with E-state index in [1.54, 1.807) is 29.3 Å². The van der Waals surface area contributed by atoms with E-state index < -0.39 is 0 Å². The van der Waals surface area contributed by atoms with Gasteiger partial charge in [-0.1, -0.05) is 12.8 Å². The molecule has 3 rings (SSSR count). The average molecular weight is 274 g/mol. The molecule has 0 aromatic carbocycles. The summed E-state index contributed by atoms with van der Waals surface area (Å²) >= 11 is 0. The largest absolute Gasteiger partial charge is 0.393 e. The zero-order valence-corrected chi connectivity index (χ0v) is 11.2. The van der Waals surface area contributed by atoms with Gasteiger partial charge in [0, 0.05) is 24.9 Å². The van der Waals surface area contributed by atoms with Crippen LogP contribution in [0.2, 0.25) is 0 Å². The summed E-state index contributed by atoms with van der Waals surface area (Å²) < 4.78 is 1.62. The van der Waals surface area contributed by atoms with E-state index >= 15 is 0 Å². The van der Waals surface area contributed by atoms with Crippen LogP contribution in [0.15, 0.2) is 24.8 Å². The summed E-state index contributed by atoms with van der Waals surface area (Å²) in [5.74, 6) is -0.00145. The van der Waals surface area contributed by atoms with Crippen LogP contribution in [0.5, 0.6) is 0 Å². The number of aromatic nitrogens is 3. The van der Waals surface area contributed by atoms with Crippen LogP contribution in [0, 0.1) is 5.92 Å². The van der Waals surface area contributed by atoms with Gasteiger partial charge in [-0.2, -0.15) is 5.10 Å². The molecule has 2 aromatic heterocycles. The molecule has 1 aliphatic rings. The van der Waals surface area contributed by atoms with Crippen molar-refractivity contribution in [3.05, 3.63) is 30.4 Å². The number of rotatable bonds is 3. The number of aliphatic hydroxyl groups excluding tert-OH is 1. The summed E-state index contributed by atoms with van der Waals surface area (Å²) in [4.78, 5) is 16.2. The number of nitrogens with zero attached hydrogens (tertiary/aromatic N) is 3. The van der Waals surface area contributed by atoms with Crippen LogP contribution in [-0.4, -0.2) is 38.3 Å². The maximum absolute atomic E-state index is 12.2. The van der Waals surface area contributed by atoms with Crippen molar-refractivity contribution in [3.8, 4) is 0 Å². The van der Waals surface area contributed by atoms with Gasteiger partial charge in [0.1, 0.15) is 0 Å². The highest BCUT2D eigenvalue weighted by molar-refractivity contribution is 6.00. The first-order valence-electron chi connectivity index (χ1n) is 6.99. The van der Waals surface area contributed by atoms with Gasteiger partial charge >= 0.3 is 0 Å². The normalized spacial score (nSPS) is 22.9. The standard InChI is InChI=1S/C14H18N4O2/c19-13-4-2-1-3-10(13)7-16-14(20)11-8-17-18-6-5-15-9-12(11)18/h5-6,8-10,13,19H,1-4,7H2,(H,16,20)/t10-,13+/m1/s1. The Bertz CT molecular complexity index is 610. The molecule has 1 aliphatic carbocycles. The fraction of sp³-hybridized carbons (Fsp3) is 0.500. The minimum Gasteiger partial charge on any atom is -0.393 e. The van der Waals surface area contributed by atoms with Crippen LogP contribution in [0.25, 0.3) is 5.52 Å². The number of hydrogen-bond donors (Lipinski definition) is 2. The molecule has 0 radical (unpaired) electrons. The summed E-state index contributed by atoms with van der Waals surface area (Å²) in [6.07, 6.45) is 10.2. The van der Waals surface area contributed by atoms with Crippen LogP contribution in [0.4, 0.5) is 0 Å². The van der Waals surface area contributed by atoms with E-state index in [-0.39, 0.29) is 17.9 Å². The molecule has 1 amide bonds. The van der Waals surface area contributed by atoms with Gasteiger partial charge in [-0.25, -0.2) is 4.52 Å². The van der Waals surface area contributed by atoms with Gasteiger partial charge in [0.25, 0.3) is 5.91 Å². The summed E-state index contributed by atoms with van der Waals surface area (Å²) in [5.41, 5.74) is 1.21. The number of aliphatic hydroxyl groups is 1. The van der Waals surface area contributed by atoms with Crippen LogP contribution in [-0.2, 0) is 0 Å². The van der Waals surface area contributed by atoms with Gasteiger partial charge < -0.3 is 10.4 Å². The maximum Gasteiger partial charge on any atom is 0.255 e. The molecule has 2 atom stereocenters. The molecule has 0 saturated heterocycles. The van der Waals surface area contributed by atoms with E-state index in [0.29, 0.717) is 17.6 Å². The van der Waals surface area contributed by atoms with Crippen LogP contribution in [0.3, 0.4) is 0 Å². The lowest BCUT2D eigenvalue weighted by Crippen LogP contribution is -2.36. The molecule has 2 aromatic rings. The molecular weight excluding hydrogens is 256 g/mol. The van der Waals surface area contributed by atoms with E-state index in [9.17, 15) is 9.90 Å². The molecular formula is C14H18N4O2. The van der Waals surface area contributed by atoms with Crippen molar-refractivity contribution < 1.29 is 9.90 Å². The Morgan fingerprint density at radius 1 is 1.40 bits per heavy atom. The van der Waals surface area contributed by atoms with Crippen molar-refractivity contribution >= 4 is 11.4 Å². The topological polar surface area (TPSA) is 79.5 Å². The zero-order chi connectivity index (χ0) is 13.9.